The summed E-state index contributed by atoms with van der Waals surface area (Å²) in [6.45, 7) is 9.52. The molecule has 0 aliphatic carbocycles. The summed E-state index contributed by atoms with van der Waals surface area (Å²) in [6, 6.07) is 8.56. The summed E-state index contributed by atoms with van der Waals surface area (Å²) in [5, 5.41) is 12.1. The fourth-order valence-electron chi connectivity index (χ4n) is 2.99. The van der Waals surface area contributed by atoms with Gasteiger partial charge < -0.3 is 10.1 Å². The fourth-order valence-corrected chi connectivity index (χ4v) is 4.41. The Kier molecular flexibility index (Phi) is 7.63. The molecule has 0 unspecified atom stereocenters. The van der Waals surface area contributed by atoms with Crippen molar-refractivity contribution in [3.05, 3.63) is 24.3 Å². The van der Waals surface area contributed by atoms with Gasteiger partial charge in [0.1, 0.15) is 11.3 Å². The van der Waals surface area contributed by atoms with E-state index in [0.717, 1.165) is 0 Å². The highest BCUT2D eigenvalue weighted by atomic mass is 32.2. The van der Waals surface area contributed by atoms with Gasteiger partial charge in [-0.25, -0.2) is 8.42 Å². The topological polar surface area (TPSA) is 103 Å². The summed E-state index contributed by atoms with van der Waals surface area (Å²) in [6.07, 6.45) is 0. The van der Waals surface area contributed by atoms with Crippen LogP contribution < -0.4 is 10.1 Å². The first-order valence-electron chi connectivity index (χ1n) is 9.80. The zero-order valence-corrected chi connectivity index (χ0v) is 18.3. The average Bonchev–Trinajstić information content (AvgIpc) is 2.68. The van der Waals surface area contributed by atoms with Crippen LogP contribution in [0, 0.1) is 17.2 Å². The van der Waals surface area contributed by atoms with Crippen molar-refractivity contribution in [2.45, 2.75) is 38.1 Å². The zero-order chi connectivity index (χ0) is 21.7. The summed E-state index contributed by atoms with van der Waals surface area (Å²) >= 11 is 0. The second kappa shape index (κ2) is 9.57. The third kappa shape index (κ3) is 5.69. The number of hydrogen-bond acceptors (Lipinski definition) is 6. The quantitative estimate of drug-likeness (QED) is 0.680. The number of carbonyl (C=O) groups excluding carboxylic acids is 1. The zero-order valence-electron chi connectivity index (χ0n) is 17.5. The van der Waals surface area contributed by atoms with Crippen LogP contribution in [0.15, 0.2) is 29.2 Å². The highest BCUT2D eigenvalue weighted by Crippen LogP contribution is 2.21. The van der Waals surface area contributed by atoms with Gasteiger partial charge in [0.25, 0.3) is 0 Å². The molecule has 1 amide bonds. The number of sulfonamides is 1. The van der Waals surface area contributed by atoms with Crippen molar-refractivity contribution in [2.24, 2.45) is 5.92 Å². The molecule has 1 heterocycles. The molecule has 1 aliphatic heterocycles. The predicted octanol–water partition coefficient (Wildman–Crippen LogP) is 1.45. The molecule has 0 saturated carbocycles. The summed E-state index contributed by atoms with van der Waals surface area (Å²) in [4.78, 5) is 14.5. The van der Waals surface area contributed by atoms with E-state index < -0.39 is 15.6 Å². The number of nitriles is 1. The van der Waals surface area contributed by atoms with Gasteiger partial charge in [-0.3, -0.25) is 9.69 Å². The lowest BCUT2D eigenvalue weighted by molar-refractivity contribution is -0.124. The van der Waals surface area contributed by atoms with Crippen molar-refractivity contribution in [2.75, 3.05) is 39.3 Å². The fraction of sp³-hybridized carbons (Fsp3) is 0.600. The van der Waals surface area contributed by atoms with E-state index in [4.69, 9.17) is 4.74 Å². The van der Waals surface area contributed by atoms with Gasteiger partial charge in [-0.2, -0.15) is 9.57 Å². The molecule has 0 spiro atoms. The molecular formula is C20H30N4O4S. The molecular weight excluding hydrogens is 392 g/mol. The molecule has 2 rings (SSSR count). The number of ether oxygens (including phenoxy) is 1. The van der Waals surface area contributed by atoms with E-state index in [2.05, 4.69) is 11.4 Å². The number of carbonyl (C=O) groups is 1. The lowest BCUT2D eigenvalue weighted by Gasteiger charge is -2.34. The molecule has 0 bridgehead atoms. The minimum atomic E-state index is -3.58. The van der Waals surface area contributed by atoms with Gasteiger partial charge in [-0.05, 0) is 44.0 Å². The van der Waals surface area contributed by atoms with Crippen LogP contribution in [0.2, 0.25) is 0 Å². The van der Waals surface area contributed by atoms with Gasteiger partial charge in [0.2, 0.25) is 15.9 Å². The van der Waals surface area contributed by atoms with Gasteiger partial charge in [0, 0.05) is 26.2 Å². The van der Waals surface area contributed by atoms with Crippen LogP contribution in [-0.4, -0.2) is 68.4 Å². The van der Waals surface area contributed by atoms with Crippen LogP contribution in [0.25, 0.3) is 0 Å². The molecule has 1 fully saturated rings. The smallest absolute Gasteiger partial charge is 0.243 e. The monoisotopic (exact) mass is 422 g/mol. The minimum Gasteiger partial charge on any atom is -0.494 e. The van der Waals surface area contributed by atoms with Crippen LogP contribution in [0.5, 0.6) is 5.75 Å². The van der Waals surface area contributed by atoms with E-state index >= 15 is 0 Å². The first-order chi connectivity index (χ1) is 13.6. The lowest BCUT2D eigenvalue weighted by atomic mass is 9.90. The maximum absolute atomic E-state index is 12.8. The van der Waals surface area contributed by atoms with Crippen molar-refractivity contribution >= 4 is 15.9 Å². The molecule has 1 aromatic rings. The highest BCUT2D eigenvalue weighted by molar-refractivity contribution is 7.89. The maximum Gasteiger partial charge on any atom is 0.243 e. The Labute approximate surface area is 173 Å². The number of piperazine rings is 1. The van der Waals surface area contributed by atoms with Crippen molar-refractivity contribution in [3.8, 4) is 11.8 Å². The lowest BCUT2D eigenvalue weighted by Crippen LogP contribution is -2.55. The second-order valence-electron chi connectivity index (χ2n) is 7.60. The predicted molar refractivity (Wildman–Crippen MR) is 110 cm³/mol. The minimum absolute atomic E-state index is 0.0208. The van der Waals surface area contributed by atoms with Crippen molar-refractivity contribution < 1.29 is 17.9 Å². The normalized spacial score (nSPS) is 18.1. The van der Waals surface area contributed by atoms with E-state index in [9.17, 15) is 18.5 Å². The Bertz CT molecular complexity index is 840. The SMILES string of the molecule is CCOc1ccc(S(=O)(=O)N2CCN(CC(=O)N[C@](C)(C#N)C(C)C)CC2)cc1. The number of benzene rings is 1. The summed E-state index contributed by atoms with van der Waals surface area (Å²) in [5.41, 5.74) is -0.921. The van der Waals surface area contributed by atoms with E-state index in [1.807, 2.05) is 25.7 Å². The number of nitrogens with zero attached hydrogens (tertiary/aromatic N) is 3. The van der Waals surface area contributed by atoms with Gasteiger partial charge in [-0.15, -0.1) is 0 Å². The van der Waals surface area contributed by atoms with Crippen LogP contribution in [0.3, 0.4) is 0 Å². The van der Waals surface area contributed by atoms with Crippen molar-refractivity contribution in [3.63, 3.8) is 0 Å². The van der Waals surface area contributed by atoms with E-state index in [1.165, 1.54) is 4.31 Å². The number of nitrogens with one attached hydrogen (secondary N) is 1. The maximum atomic E-state index is 12.8. The van der Waals surface area contributed by atoms with Gasteiger partial charge in [-0.1, -0.05) is 13.8 Å². The molecule has 1 N–H and O–H groups in total. The summed E-state index contributed by atoms with van der Waals surface area (Å²) < 4.78 is 32.5. The molecule has 0 aromatic heterocycles. The van der Waals surface area contributed by atoms with Gasteiger partial charge >= 0.3 is 0 Å². The number of hydrogen-bond donors (Lipinski definition) is 1. The Morgan fingerprint density at radius 1 is 1.24 bits per heavy atom. The largest absolute Gasteiger partial charge is 0.494 e. The summed E-state index contributed by atoms with van der Waals surface area (Å²) in [7, 11) is -3.58. The molecule has 1 aliphatic rings. The standard InChI is InChI=1S/C20H30N4O4S/c1-5-28-17-6-8-18(9-7-17)29(26,27)24-12-10-23(11-13-24)14-19(25)22-20(4,15-21)16(2)3/h6-9,16H,5,10-14H2,1-4H3,(H,22,25)/t20-/m1/s1. The first-order valence-corrected chi connectivity index (χ1v) is 11.2. The third-order valence-electron chi connectivity index (χ3n) is 5.26. The second-order valence-corrected chi connectivity index (χ2v) is 9.54. The average molecular weight is 423 g/mol. The van der Waals surface area contributed by atoms with Crippen LogP contribution >= 0.6 is 0 Å². The molecule has 1 atom stereocenters. The van der Waals surface area contributed by atoms with Gasteiger partial charge in [0.15, 0.2) is 0 Å². The van der Waals surface area contributed by atoms with Gasteiger partial charge in [0.05, 0.1) is 24.1 Å². The van der Waals surface area contributed by atoms with Crippen molar-refractivity contribution in [1.82, 2.24) is 14.5 Å². The summed E-state index contributed by atoms with van der Waals surface area (Å²) in [5.74, 6) is 0.381. The third-order valence-corrected chi connectivity index (χ3v) is 7.17. The Hall–Kier alpha value is -2.15. The molecule has 9 heteroatoms. The van der Waals surface area contributed by atoms with E-state index in [-0.39, 0.29) is 23.3 Å². The van der Waals surface area contributed by atoms with E-state index in [0.29, 0.717) is 38.5 Å². The molecule has 0 radical (unpaired) electrons. The Morgan fingerprint density at radius 2 is 1.83 bits per heavy atom. The molecule has 1 aromatic carbocycles. The van der Waals surface area contributed by atoms with Crippen molar-refractivity contribution in [1.29, 1.82) is 5.26 Å². The molecule has 29 heavy (non-hydrogen) atoms. The molecule has 160 valence electrons. The highest BCUT2D eigenvalue weighted by Gasteiger charge is 2.32. The Balaban J connectivity index is 1.92. The molecule has 1 saturated heterocycles. The molecule has 8 nitrogen and oxygen atoms in total. The van der Waals surface area contributed by atoms with Crippen LogP contribution in [0.1, 0.15) is 27.7 Å². The number of amides is 1. The first kappa shape index (κ1) is 23.1. The van der Waals surface area contributed by atoms with Crippen LogP contribution in [-0.2, 0) is 14.8 Å². The number of rotatable bonds is 8. The van der Waals surface area contributed by atoms with E-state index in [1.54, 1.807) is 31.2 Å². The Morgan fingerprint density at radius 3 is 2.31 bits per heavy atom. The van der Waals surface area contributed by atoms with Crippen LogP contribution in [0.4, 0.5) is 0 Å².